The molecule has 1 fully saturated rings. The van der Waals surface area contributed by atoms with E-state index in [-0.39, 0.29) is 16.2 Å². The molecule has 0 bridgehead atoms. The van der Waals surface area contributed by atoms with Crippen LogP contribution >= 0.6 is 0 Å². The summed E-state index contributed by atoms with van der Waals surface area (Å²) < 4.78 is 25.8. The van der Waals surface area contributed by atoms with E-state index in [4.69, 9.17) is 18.3 Å². The fraction of sp³-hybridized carbons (Fsp3) is 0.750. The first-order chi connectivity index (χ1) is 15.1. The van der Waals surface area contributed by atoms with Crippen molar-refractivity contribution in [3.05, 3.63) is 46.3 Å². The van der Waals surface area contributed by atoms with Crippen molar-refractivity contribution in [2.45, 2.75) is 109 Å². The Morgan fingerprint density at radius 2 is 1.48 bits per heavy atom. The number of hydrogen-bond donors (Lipinski definition) is 0. The first-order valence-electron chi connectivity index (χ1n) is 11.8. The van der Waals surface area contributed by atoms with Crippen molar-refractivity contribution >= 4 is 16.6 Å². The molecular formula is C24H43N3O4Si2. The molecule has 1 aliphatic heterocycles. The van der Waals surface area contributed by atoms with E-state index in [0.29, 0.717) is 13.2 Å². The summed E-state index contributed by atoms with van der Waals surface area (Å²) in [4.78, 5) is 3.14. The zero-order valence-electron chi connectivity index (χ0n) is 22.1. The second-order valence-electron chi connectivity index (χ2n) is 12.0. The van der Waals surface area contributed by atoms with Gasteiger partial charge in [0.2, 0.25) is 0 Å². The van der Waals surface area contributed by atoms with Crippen molar-refractivity contribution in [2.24, 2.45) is 5.11 Å². The molecule has 0 aromatic heterocycles. The maximum Gasteiger partial charge on any atom is 0.195 e. The van der Waals surface area contributed by atoms with Gasteiger partial charge >= 0.3 is 0 Å². The smallest absolute Gasteiger partial charge is 0.195 e. The van der Waals surface area contributed by atoms with Gasteiger partial charge in [-0.3, -0.25) is 0 Å². The number of azide groups is 1. The highest BCUT2D eigenvalue weighted by molar-refractivity contribution is 6.74. The molecule has 33 heavy (non-hydrogen) atoms. The Bertz CT molecular complexity index is 815. The molecule has 186 valence electrons. The zero-order chi connectivity index (χ0) is 25.1. The van der Waals surface area contributed by atoms with Gasteiger partial charge in [0.1, 0.15) is 12.1 Å². The van der Waals surface area contributed by atoms with Crippen LogP contribution in [0.5, 0.6) is 0 Å². The number of nitrogens with zero attached hydrogens (tertiary/aromatic N) is 3. The Kier molecular flexibility index (Phi) is 9.01. The molecule has 0 saturated carbocycles. The van der Waals surface area contributed by atoms with E-state index in [0.717, 1.165) is 5.56 Å². The van der Waals surface area contributed by atoms with Crippen LogP contribution in [0.2, 0.25) is 36.3 Å². The molecule has 2 rings (SSSR count). The van der Waals surface area contributed by atoms with Crippen molar-refractivity contribution in [3.8, 4) is 0 Å². The quantitative estimate of drug-likeness (QED) is 0.160. The maximum atomic E-state index is 9.37. The second-order valence-corrected chi connectivity index (χ2v) is 21.5. The van der Waals surface area contributed by atoms with Crippen molar-refractivity contribution < 1.29 is 18.3 Å². The van der Waals surface area contributed by atoms with Crippen molar-refractivity contribution in [1.82, 2.24) is 0 Å². The molecule has 0 aliphatic carbocycles. The van der Waals surface area contributed by atoms with Gasteiger partial charge in [-0.2, -0.15) is 0 Å². The molecule has 9 heteroatoms. The summed E-state index contributed by atoms with van der Waals surface area (Å²) in [6.07, 6.45) is -1.46. The molecule has 0 N–H and O–H groups in total. The first-order valence-corrected chi connectivity index (χ1v) is 17.6. The third-order valence-electron chi connectivity index (χ3n) is 7.32. The van der Waals surface area contributed by atoms with Gasteiger partial charge in [-0.1, -0.05) is 77.0 Å². The van der Waals surface area contributed by atoms with E-state index in [1.165, 1.54) is 0 Å². The van der Waals surface area contributed by atoms with Crippen LogP contribution in [0, 0.1) is 0 Å². The van der Waals surface area contributed by atoms with E-state index in [1.807, 2.05) is 30.3 Å². The van der Waals surface area contributed by atoms with Crippen LogP contribution < -0.4 is 0 Å². The van der Waals surface area contributed by atoms with Crippen molar-refractivity contribution in [2.75, 3.05) is 6.61 Å². The maximum absolute atomic E-state index is 9.37. The van der Waals surface area contributed by atoms with Crippen LogP contribution in [0.3, 0.4) is 0 Å². The Hall–Kier alpha value is -1.20. The number of hydrogen-bond acceptors (Lipinski definition) is 5. The Labute approximate surface area is 202 Å². The highest BCUT2D eigenvalue weighted by Gasteiger charge is 2.52. The van der Waals surface area contributed by atoms with Crippen LogP contribution in [0.15, 0.2) is 35.4 Å². The normalized spacial score (nSPS) is 24.5. The third kappa shape index (κ3) is 7.15. The van der Waals surface area contributed by atoms with Gasteiger partial charge in [-0.25, -0.2) is 0 Å². The topological polar surface area (TPSA) is 85.7 Å². The zero-order valence-corrected chi connectivity index (χ0v) is 24.1. The van der Waals surface area contributed by atoms with E-state index >= 15 is 0 Å². The fourth-order valence-electron chi connectivity index (χ4n) is 3.11. The fourth-order valence-corrected chi connectivity index (χ4v) is 5.57. The minimum absolute atomic E-state index is 0.00171. The Morgan fingerprint density at radius 3 is 2.00 bits per heavy atom. The lowest BCUT2D eigenvalue weighted by molar-refractivity contribution is -0.111. The summed E-state index contributed by atoms with van der Waals surface area (Å²) in [6, 6.07) is 9.48. The standard InChI is InChI=1S/C24H43N3O4Si2/c1-23(2,3)32(7,8)30-21-19(17-28-16-18-14-12-11-13-15-18)29-22(20(21)26-27-25)31-33(9,10)24(4,5)6/h11-15,19-22H,16-17H2,1-10H3/t19-,20+,21?,22?/m1/s1. The Morgan fingerprint density at radius 1 is 0.939 bits per heavy atom. The summed E-state index contributed by atoms with van der Waals surface area (Å²) >= 11 is 0. The van der Waals surface area contributed by atoms with Crippen LogP contribution in [0.25, 0.3) is 10.4 Å². The van der Waals surface area contributed by atoms with Gasteiger partial charge in [0.15, 0.2) is 22.9 Å². The van der Waals surface area contributed by atoms with Crippen LogP contribution in [-0.2, 0) is 24.9 Å². The highest BCUT2D eigenvalue weighted by atomic mass is 28.4. The van der Waals surface area contributed by atoms with Gasteiger partial charge in [0.05, 0.1) is 19.3 Å². The summed E-state index contributed by atoms with van der Waals surface area (Å²) in [7, 11) is -4.35. The lowest BCUT2D eigenvalue weighted by Crippen LogP contribution is -2.51. The van der Waals surface area contributed by atoms with Gasteiger partial charge in [-0.05, 0) is 47.4 Å². The molecule has 1 aromatic carbocycles. The molecule has 0 amide bonds. The van der Waals surface area contributed by atoms with E-state index in [9.17, 15) is 5.53 Å². The van der Waals surface area contributed by atoms with Gasteiger partial charge in [-0.15, -0.1) is 0 Å². The Balaban J connectivity index is 2.29. The lowest BCUT2D eigenvalue weighted by atomic mass is 10.1. The summed E-state index contributed by atoms with van der Waals surface area (Å²) in [6.45, 7) is 22.7. The molecule has 4 atom stereocenters. The average molecular weight is 494 g/mol. The van der Waals surface area contributed by atoms with Gasteiger partial charge < -0.3 is 18.3 Å². The monoisotopic (exact) mass is 493 g/mol. The van der Waals surface area contributed by atoms with E-state index in [2.05, 4.69) is 77.8 Å². The lowest BCUT2D eigenvalue weighted by Gasteiger charge is -2.41. The molecule has 1 aliphatic rings. The summed E-state index contributed by atoms with van der Waals surface area (Å²) in [5, 5.41) is 4.13. The first kappa shape index (κ1) is 28.0. The van der Waals surface area contributed by atoms with Crippen LogP contribution in [0.4, 0.5) is 0 Å². The highest BCUT2D eigenvalue weighted by Crippen LogP contribution is 2.43. The van der Waals surface area contributed by atoms with Crippen LogP contribution in [0.1, 0.15) is 47.1 Å². The second kappa shape index (κ2) is 10.6. The molecule has 1 aromatic rings. The van der Waals surface area contributed by atoms with E-state index < -0.39 is 35.1 Å². The van der Waals surface area contributed by atoms with Gasteiger partial charge in [0.25, 0.3) is 0 Å². The average Bonchev–Trinajstić information content (AvgIpc) is 2.97. The molecule has 7 nitrogen and oxygen atoms in total. The minimum atomic E-state index is -2.17. The van der Waals surface area contributed by atoms with Crippen LogP contribution in [-0.4, -0.2) is 47.8 Å². The summed E-state index contributed by atoms with van der Waals surface area (Å²) in [5.41, 5.74) is 10.5. The molecular weight excluding hydrogens is 450 g/mol. The molecule has 0 radical (unpaired) electrons. The predicted molar refractivity (Wildman–Crippen MR) is 138 cm³/mol. The largest absolute Gasteiger partial charge is 0.411 e. The van der Waals surface area contributed by atoms with E-state index in [1.54, 1.807) is 0 Å². The van der Waals surface area contributed by atoms with Gasteiger partial charge in [0, 0.05) is 4.91 Å². The summed E-state index contributed by atoms with van der Waals surface area (Å²) in [5.74, 6) is 0. The van der Waals surface area contributed by atoms with Crippen molar-refractivity contribution in [3.63, 3.8) is 0 Å². The minimum Gasteiger partial charge on any atom is -0.411 e. The molecule has 0 spiro atoms. The molecule has 1 saturated heterocycles. The molecule has 1 heterocycles. The SMILES string of the molecule is CC(C)(C)[Si](C)(C)OC1O[C@H](COCc2ccccc2)C(O[Si](C)(C)C(C)(C)C)[C@@H]1N=[N+]=[N-]. The number of benzene rings is 1. The predicted octanol–water partition coefficient (Wildman–Crippen LogP) is 7.02. The molecule has 2 unspecified atom stereocenters. The number of ether oxygens (including phenoxy) is 2. The third-order valence-corrected chi connectivity index (χ3v) is 16.2. The van der Waals surface area contributed by atoms with Crippen molar-refractivity contribution in [1.29, 1.82) is 0 Å². The number of rotatable bonds is 9.